The summed E-state index contributed by atoms with van der Waals surface area (Å²) in [6.45, 7) is 2.11. The van der Waals surface area contributed by atoms with Crippen LogP contribution in [0.3, 0.4) is 0 Å². The van der Waals surface area contributed by atoms with Gasteiger partial charge in [0.1, 0.15) is 6.61 Å². The first-order chi connectivity index (χ1) is 9.58. The van der Waals surface area contributed by atoms with Crippen LogP contribution in [-0.2, 0) is 20.9 Å². The van der Waals surface area contributed by atoms with Gasteiger partial charge in [-0.3, -0.25) is 4.90 Å². The number of ether oxygens (including phenoxy) is 2. The molecule has 1 aromatic rings. The summed E-state index contributed by atoms with van der Waals surface area (Å²) in [5.74, 6) is -1.09. The number of benzene rings is 1. The number of carbonyl (C=O) groups is 2. The van der Waals surface area contributed by atoms with Crippen LogP contribution in [0.15, 0.2) is 30.3 Å². The molecule has 0 spiro atoms. The van der Waals surface area contributed by atoms with Crippen molar-refractivity contribution in [1.29, 1.82) is 0 Å². The maximum Gasteiger partial charge on any atom is 0.411 e. The molecule has 0 bridgehead atoms. The zero-order chi connectivity index (χ0) is 14.5. The van der Waals surface area contributed by atoms with Gasteiger partial charge in [-0.25, -0.2) is 9.59 Å². The van der Waals surface area contributed by atoms with E-state index in [2.05, 4.69) is 0 Å². The van der Waals surface area contributed by atoms with Crippen molar-refractivity contribution in [3.8, 4) is 0 Å². The van der Waals surface area contributed by atoms with Gasteiger partial charge in [-0.15, -0.1) is 0 Å². The van der Waals surface area contributed by atoms with Crippen molar-refractivity contribution >= 4 is 12.1 Å². The molecule has 0 aliphatic carbocycles. The molecule has 1 amide bonds. The Labute approximate surface area is 116 Å². The van der Waals surface area contributed by atoms with E-state index in [1.807, 2.05) is 30.3 Å². The molecule has 108 valence electrons. The van der Waals surface area contributed by atoms with Gasteiger partial charge in [0.2, 0.25) is 0 Å². The van der Waals surface area contributed by atoms with E-state index in [1.165, 1.54) is 4.90 Å². The number of hydrogen-bond donors (Lipinski definition) is 1. The maximum absolute atomic E-state index is 12.0. The van der Waals surface area contributed by atoms with Crippen molar-refractivity contribution in [2.45, 2.75) is 25.7 Å². The highest BCUT2D eigenvalue weighted by atomic mass is 16.6. The van der Waals surface area contributed by atoms with E-state index in [0.29, 0.717) is 0 Å². The fourth-order valence-corrected chi connectivity index (χ4v) is 2.01. The molecule has 2 rings (SSSR count). The number of aliphatic carboxylic acids is 1. The third-order valence-corrected chi connectivity index (χ3v) is 3.09. The van der Waals surface area contributed by atoms with Gasteiger partial charge in [0.25, 0.3) is 0 Å². The number of morpholine rings is 1. The predicted molar refractivity (Wildman–Crippen MR) is 70.2 cm³/mol. The smallest absolute Gasteiger partial charge is 0.411 e. The minimum atomic E-state index is -1.09. The van der Waals surface area contributed by atoms with E-state index in [-0.39, 0.29) is 25.9 Å². The van der Waals surface area contributed by atoms with E-state index in [4.69, 9.17) is 14.6 Å². The largest absolute Gasteiger partial charge is 0.480 e. The van der Waals surface area contributed by atoms with Crippen LogP contribution in [0.1, 0.15) is 12.5 Å². The third-order valence-electron chi connectivity index (χ3n) is 3.09. The lowest BCUT2D eigenvalue weighted by atomic mass is 10.2. The van der Waals surface area contributed by atoms with Gasteiger partial charge < -0.3 is 14.6 Å². The SMILES string of the molecule is C[C@H]1CN(C(=O)OCc2ccccc2)[C@@H](C(=O)O)CO1. The summed E-state index contributed by atoms with van der Waals surface area (Å²) in [4.78, 5) is 24.3. The highest BCUT2D eigenvalue weighted by molar-refractivity contribution is 5.80. The number of nitrogens with zero attached hydrogens (tertiary/aromatic N) is 1. The van der Waals surface area contributed by atoms with Gasteiger partial charge in [-0.05, 0) is 12.5 Å². The summed E-state index contributed by atoms with van der Waals surface area (Å²) in [6.07, 6.45) is -0.828. The summed E-state index contributed by atoms with van der Waals surface area (Å²) in [7, 11) is 0. The van der Waals surface area contributed by atoms with E-state index in [0.717, 1.165) is 5.56 Å². The zero-order valence-corrected chi connectivity index (χ0v) is 11.2. The second-order valence-electron chi connectivity index (χ2n) is 4.69. The Morgan fingerprint density at radius 3 is 2.75 bits per heavy atom. The van der Waals surface area contributed by atoms with Gasteiger partial charge in [0.05, 0.1) is 19.3 Å². The standard InChI is InChI=1S/C14H17NO5/c1-10-7-15(12(9-19-10)13(16)17)14(18)20-8-11-5-3-2-4-6-11/h2-6,10,12H,7-9H2,1H3,(H,16,17)/t10-,12+/m0/s1. The molecule has 1 saturated heterocycles. The molecular formula is C14H17NO5. The second kappa shape index (κ2) is 6.38. The summed E-state index contributed by atoms with van der Waals surface area (Å²) in [6, 6.07) is 8.25. The Balaban J connectivity index is 1.97. The molecule has 1 N–H and O–H groups in total. The van der Waals surface area contributed by atoms with Gasteiger partial charge in [-0.2, -0.15) is 0 Å². The zero-order valence-electron chi connectivity index (χ0n) is 11.2. The van der Waals surface area contributed by atoms with Crippen molar-refractivity contribution in [3.05, 3.63) is 35.9 Å². The van der Waals surface area contributed by atoms with Gasteiger partial charge in [-0.1, -0.05) is 30.3 Å². The lowest BCUT2D eigenvalue weighted by Gasteiger charge is -2.35. The van der Waals surface area contributed by atoms with E-state index in [1.54, 1.807) is 6.92 Å². The van der Waals surface area contributed by atoms with Gasteiger partial charge >= 0.3 is 12.1 Å². The van der Waals surface area contributed by atoms with Crippen LogP contribution in [0.2, 0.25) is 0 Å². The molecule has 0 unspecified atom stereocenters. The van der Waals surface area contributed by atoms with Crippen LogP contribution in [0.4, 0.5) is 4.79 Å². The lowest BCUT2D eigenvalue weighted by molar-refractivity contribution is -0.151. The molecule has 1 fully saturated rings. The number of carboxylic acid groups (broad SMARTS) is 1. The normalized spacial score (nSPS) is 22.4. The van der Waals surface area contributed by atoms with Crippen molar-refractivity contribution in [3.63, 3.8) is 0 Å². The first kappa shape index (κ1) is 14.3. The van der Waals surface area contributed by atoms with E-state index < -0.39 is 18.1 Å². The molecule has 6 heteroatoms. The third kappa shape index (κ3) is 3.48. The molecule has 6 nitrogen and oxygen atoms in total. The van der Waals surface area contributed by atoms with Crippen LogP contribution in [0, 0.1) is 0 Å². The first-order valence-corrected chi connectivity index (χ1v) is 6.39. The fourth-order valence-electron chi connectivity index (χ4n) is 2.01. The topological polar surface area (TPSA) is 76.1 Å². The van der Waals surface area contributed by atoms with Crippen LogP contribution >= 0.6 is 0 Å². The predicted octanol–water partition coefficient (Wildman–Crippen LogP) is 1.50. The average molecular weight is 279 g/mol. The molecule has 1 aromatic carbocycles. The Morgan fingerprint density at radius 1 is 1.40 bits per heavy atom. The molecule has 0 saturated carbocycles. The monoisotopic (exact) mass is 279 g/mol. The molecule has 1 heterocycles. The van der Waals surface area contributed by atoms with Crippen molar-refractivity contribution in [1.82, 2.24) is 4.90 Å². The summed E-state index contributed by atoms with van der Waals surface area (Å²) < 4.78 is 10.4. The van der Waals surface area contributed by atoms with E-state index >= 15 is 0 Å². The molecule has 1 aliphatic heterocycles. The van der Waals surface area contributed by atoms with Crippen LogP contribution in [-0.4, -0.2) is 47.4 Å². The molecule has 2 atom stereocenters. The summed E-state index contributed by atoms with van der Waals surface area (Å²) in [5, 5.41) is 9.10. The van der Waals surface area contributed by atoms with Gasteiger partial charge in [0, 0.05) is 0 Å². The molecular weight excluding hydrogens is 262 g/mol. The second-order valence-corrected chi connectivity index (χ2v) is 4.69. The molecule has 0 aromatic heterocycles. The van der Waals surface area contributed by atoms with Crippen LogP contribution < -0.4 is 0 Å². The number of carbonyl (C=O) groups excluding carboxylic acids is 1. The lowest BCUT2D eigenvalue weighted by Crippen LogP contribution is -2.55. The van der Waals surface area contributed by atoms with Crippen LogP contribution in [0.5, 0.6) is 0 Å². The highest BCUT2D eigenvalue weighted by Gasteiger charge is 2.36. The Kier molecular flexibility index (Phi) is 4.57. The minimum Gasteiger partial charge on any atom is -0.480 e. The average Bonchev–Trinajstić information content (AvgIpc) is 2.45. The summed E-state index contributed by atoms with van der Waals surface area (Å²) in [5.41, 5.74) is 0.856. The van der Waals surface area contributed by atoms with Crippen molar-refractivity contribution in [2.75, 3.05) is 13.2 Å². The van der Waals surface area contributed by atoms with Gasteiger partial charge in [0.15, 0.2) is 6.04 Å². The minimum absolute atomic E-state index is 0.0169. The van der Waals surface area contributed by atoms with E-state index in [9.17, 15) is 9.59 Å². The Morgan fingerprint density at radius 2 is 2.10 bits per heavy atom. The number of hydrogen-bond acceptors (Lipinski definition) is 4. The van der Waals surface area contributed by atoms with Crippen molar-refractivity contribution in [2.24, 2.45) is 0 Å². The fraction of sp³-hybridized carbons (Fsp3) is 0.429. The Bertz CT molecular complexity index is 476. The molecule has 1 aliphatic rings. The first-order valence-electron chi connectivity index (χ1n) is 6.39. The number of rotatable bonds is 3. The molecule has 20 heavy (non-hydrogen) atoms. The number of amides is 1. The van der Waals surface area contributed by atoms with Crippen molar-refractivity contribution < 1.29 is 24.2 Å². The quantitative estimate of drug-likeness (QED) is 0.907. The van der Waals surface area contributed by atoms with Crippen LogP contribution in [0.25, 0.3) is 0 Å². The Hall–Kier alpha value is -2.08. The number of carboxylic acids is 1. The highest BCUT2D eigenvalue weighted by Crippen LogP contribution is 2.14. The maximum atomic E-state index is 12.0. The summed E-state index contributed by atoms with van der Waals surface area (Å²) >= 11 is 0. The molecule has 0 radical (unpaired) electrons.